The van der Waals surface area contributed by atoms with Crippen molar-refractivity contribution in [3.8, 4) is 5.75 Å². The molecule has 1 aromatic carbocycles. The van der Waals surface area contributed by atoms with Gasteiger partial charge >= 0.3 is 0 Å². The lowest BCUT2D eigenvalue weighted by atomic mass is 10.3. The van der Waals surface area contributed by atoms with E-state index in [0.717, 1.165) is 5.76 Å². The Bertz CT molecular complexity index is 745. The number of hydrogen-bond acceptors (Lipinski definition) is 6. The third-order valence-electron chi connectivity index (χ3n) is 3.16. The predicted molar refractivity (Wildman–Crippen MR) is 84.4 cm³/mol. The second-order valence-electron chi connectivity index (χ2n) is 4.62. The first-order valence-electron chi connectivity index (χ1n) is 6.62. The van der Waals surface area contributed by atoms with Gasteiger partial charge in [0.1, 0.15) is 11.5 Å². The number of furan rings is 1. The van der Waals surface area contributed by atoms with Crippen LogP contribution in [-0.4, -0.2) is 17.5 Å². The second kappa shape index (κ2) is 5.62. The van der Waals surface area contributed by atoms with Gasteiger partial charge in [-0.3, -0.25) is 0 Å². The van der Waals surface area contributed by atoms with Crippen molar-refractivity contribution in [3.63, 3.8) is 0 Å². The topological polar surface area (TPSA) is 47.2 Å². The van der Waals surface area contributed by atoms with Crippen LogP contribution in [0.5, 0.6) is 5.75 Å². The van der Waals surface area contributed by atoms with Crippen LogP contribution in [0.25, 0.3) is 0 Å². The Kier molecular flexibility index (Phi) is 3.48. The standard InChI is InChI=1S/C15H11ClN2O3S/c16-10-4-1-2-5-11(10)20-8-13-17-18-14(21-13)9-22-15(18)12-6-3-7-19-12/h1-7,9,15H,8H2. The van der Waals surface area contributed by atoms with E-state index in [2.05, 4.69) is 5.10 Å². The van der Waals surface area contributed by atoms with Crippen LogP contribution in [0, 0.1) is 0 Å². The molecule has 0 bridgehead atoms. The van der Waals surface area contributed by atoms with Gasteiger partial charge in [-0.25, -0.2) is 5.01 Å². The molecule has 0 N–H and O–H groups in total. The van der Waals surface area contributed by atoms with Crippen LogP contribution < -0.4 is 4.74 Å². The maximum atomic E-state index is 6.05. The number of thioether (sulfide) groups is 1. The van der Waals surface area contributed by atoms with Crippen LogP contribution in [0.1, 0.15) is 11.1 Å². The largest absolute Gasteiger partial charge is 0.482 e. The molecular weight excluding hydrogens is 324 g/mol. The van der Waals surface area contributed by atoms with Gasteiger partial charge in [0.05, 0.1) is 11.3 Å². The molecule has 1 aromatic heterocycles. The average molecular weight is 335 g/mol. The quantitative estimate of drug-likeness (QED) is 0.838. The van der Waals surface area contributed by atoms with Gasteiger partial charge in [-0.2, -0.15) is 0 Å². The van der Waals surface area contributed by atoms with Crippen molar-refractivity contribution in [1.82, 2.24) is 5.01 Å². The first-order valence-corrected chi connectivity index (χ1v) is 7.94. The highest BCUT2D eigenvalue weighted by molar-refractivity contribution is 8.02. The second-order valence-corrected chi connectivity index (χ2v) is 5.98. The number of fused-ring (bicyclic) bond motifs is 1. The zero-order valence-electron chi connectivity index (χ0n) is 11.3. The Hall–Kier alpha value is -2.05. The van der Waals surface area contributed by atoms with E-state index in [4.69, 9.17) is 25.5 Å². The number of rotatable bonds is 4. The summed E-state index contributed by atoms with van der Waals surface area (Å²) in [6.45, 7) is 0.215. The smallest absolute Gasteiger partial charge is 0.252 e. The number of halogens is 1. The number of para-hydroxylation sites is 1. The highest BCUT2D eigenvalue weighted by atomic mass is 35.5. The van der Waals surface area contributed by atoms with E-state index in [1.54, 1.807) is 35.2 Å². The lowest BCUT2D eigenvalue weighted by Crippen LogP contribution is -2.12. The van der Waals surface area contributed by atoms with Gasteiger partial charge in [0.15, 0.2) is 12.0 Å². The molecule has 3 heterocycles. The summed E-state index contributed by atoms with van der Waals surface area (Å²) in [7, 11) is 0. The Labute approximate surface area is 136 Å². The van der Waals surface area contributed by atoms with E-state index in [1.807, 2.05) is 29.7 Å². The van der Waals surface area contributed by atoms with Gasteiger partial charge in [0.25, 0.3) is 5.90 Å². The van der Waals surface area contributed by atoms with Crippen molar-refractivity contribution in [3.05, 3.63) is 64.7 Å². The van der Waals surface area contributed by atoms with Gasteiger partial charge < -0.3 is 13.9 Å². The summed E-state index contributed by atoms with van der Waals surface area (Å²) in [5.41, 5.74) is 0. The lowest BCUT2D eigenvalue weighted by Gasteiger charge is -2.14. The molecule has 2 aromatic rings. The Morgan fingerprint density at radius 1 is 1.27 bits per heavy atom. The minimum absolute atomic E-state index is 0.0391. The summed E-state index contributed by atoms with van der Waals surface area (Å²) in [6.07, 6.45) is 1.65. The molecule has 22 heavy (non-hydrogen) atoms. The Balaban J connectivity index is 1.46. The maximum absolute atomic E-state index is 6.05. The van der Waals surface area contributed by atoms with Gasteiger partial charge in [-0.05, 0) is 24.3 Å². The normalized spacial score (nSPS) is 19.5. The molecular formula is C15H11ClN2O3S. The summed E-state index contributed by atoms with van der Waals surface area (Å²) in [5, 5.41) is 8.67. The minimum Gasteiger partial charge on any atom is -0.482 e. The van der Waals surface area contributed by atoms with Crippen LogP contribution in [0.2, 0.25) is 5.02 Å². The van der Waals surface area contributed by atoms with Crippen molar-refractivity contribution in [2.24, 2.45) is 5.10 Å². The van der Waals surface area contributed by atoms with E-state index in [-0.39, 0.29) is 12.0 Å². The minimum atomic E-state index is -0.0391. The van der Waals surface area contributed by atoms with Crippen LogP contribution in [-0.2, 0) is 4.74 Å². The molecule has 1 unspecified atom stereocenters. The number of nitrogens with zero attached hydrogens (tertiary/aromatic N) is 2. The van der Waals surface area contributed by atoms with Gasteiger partial charge in [-0.15, -0.1) is 5.10 Å². The van der Waals surface area contributed by atoms with E-state index in [9.17, 15) is 0 Å². The third-order valence-corrected chi connectivity index (χ3v) is 4.50. The SMILES string of the molecule is Clc1ccccc1OCC1=NN2C(=CSC2c2ccco2)O1. The van der Waals surface area contributed by atoms with Gasteiger partial charge in [-0.1, -0.05) is 35.5 Å². The fourth-order valence-corrected chi connectivity index (χ4v) is 3.29. The molecule has 4 rings (SSSR count). The van der Waals surface area contributed by atoms with Gasteiger partial charge in [0.2, 0.25) is 5.88 Å². The first kappa shape index (κ1) is 13.6. The summed E-state index contributed by atoms with van der Waals surface area (Å²) < 4.78 is 16.8. The van der Waals surface area contributed by atoms with Crippen molar-refractivity contribution in [1.29, 1.82) is 0 Å². The molecule has 7 heteroatoms. The Morgan fingerprint density at radius 2 is 2.18 bits per heavy atom. The third kappa shape index (κ3) is 2.44. The molecule has 2 aliphatic rings. The molecule has 0 spiro atoms. The number of benzene rings is 1. The predicted octanol–water partition coefficient (Wildman–Crippen LogP) is 4.20. The van der Waals surface area contributed by atoms with Crippen LogP contribution in [0.3, 0.4) is 0 Å². The number of ether oxygens (including phenoxy) is 2. The van der Waals surface area contributed by atoms with Gasteiger partial charge in [0, 0.05) is 5.41 Å². The molecule has 2 aliphatic heterocycles. The fraction of sp³-hybridized carbons (Fsp3) is 0.133. The van der Waals surface area contributed by atoms with E-state index in [0.29, 0.717) is 22.6 Å². The van der Waals surface area contributed by atoms with Crippen LogP contribution >= 0.6 is 23.4 Å². The van der Waals surface area contributed by atoms with Crippen molar-refractivity contribution >= 4 is 29.3 Å². The van der Waals surface area contributed by atoms with E-state index in [1.165, 1.54) is 0 Å². The molecule has 5 nitrogen and oxygen atoms in total. The van der Waals surface area contributed by atoms with Crippen LogP contribution in [0.4, 0.5) is 0 Å². The summed E-state index contributed by atoms with van der Waals surface area (Å²) in [4.78, 5) is 0. The van der Waals surface area contributed by atoms with E-state index < -0.39 is 0 Å². The summed E-state index contributed by atoms with van der Waals surface area (Å²) >= 11 is 7.64. The summed E-state index contributed by atoms with van der Waals surface area (Å²) in [5.74, 6) is 2.61. The molecule has 0 aliphatic carbocycles. The molecule has 0 radical (unpaired) electrons. The maximum Gasteiger partial charge on any atom is 0.252 e. The first-order chi connectivity index (χ1) is 10.8. The van der Waals surface area contributed by atoms with Crippen LogP contribution in [0.15, 0.2) is 63.5 Å². The highest BCUT2D eigenvalue weighted by Gasteiger charge is 2.37. The average Bonchev–Trinajstić information content (AvgIpc) is 3.22. The zero-order valence-corrected chi connectivity index (χ0v) is 12.9. The van der Waals surface area contributed by atoms with Crippen molar-refractivity contribution in [2.45, 2.75) is 5.37 Å². The van der Waals surface area contributed by atoms with Crippen molar-refractivity contribution in [2.75, 3.05) is 6.61 Å². The molecule has 0 saturated carbocycles. The lowest BCUT2D eigenvalue weighted by molar-refractivity contribution is 0.241. The monoisotopic (exact) mass is 334 g/mol. The molecule has 0 amide bonds. The van der Waals surface area contributed by atoms with E-state index >= 15 is 0 Å². The fourth-order valence-electron chi connectivity index (χ4n) is 2.16. The number of hydrogen-bond donors (Lipinski definition) is 0. The molecule has 112 valence electrons. The molecule has 0 fully saturated rings. The van der Waals surface area contributed by atoms with Crippen molar-refractivity contribution < 1.29 is 13.9 Å². The summed E-state index contributed by atoms with van der Waals surface area (Å²) in [6, 6.07) is 11.1. The molecule has 1 atom stereocenters. The highest BCUT2D eigenvalue weighted by Crippen LogP contribution is 2.45. The number of hydrazone groups is 1. The zero-order chi connectivity index (χ0) is 14.9. The molecule has 0 saturated heterocycles. The Morgan fingerprint density at radius 3 is 3.00 bits per heavy atom.